The van der Waals surface area contributed by atoms with Crippen LogP contribution in [0, 0.1) is 13.8 Å². The van der Waals surface area contributed by atoms with Gasteiger partial charge in [-0.1, -0.05) is 6.92 Å². The van der Waals surface area contributed by atoms with Gasteiger partial charge in [0.2, 0.25) is 0 Å². The van der Waals surface area contributed by atoms with Gasteiger partial charge in [0.25, 0.3) is 0 Å². The van der Waals surface area contributed by atoms with E-state index >= 15 is 0 Å². The number of hydrogen-bond acceptors (Lipinski definition) is 3. The molecule has 72 valence electrons. The lowest BCUT2D eigenvalue weighted by atomic mass is 10.1. The second-order valence-electron chi connectivity index (χ2n) is 3.19. The Bertz CT molecular complexity index is 300. The Hall–Kier alpha value is -0.900. The molecular formula is C9H13NO2S. The molecule has 0 radical (unpaired) electrons. The molecule has 1 N–H and O–H groups in total. The molecule has 1 rings (SSSR count). The van der Waals surface area contributed by atoms with Gasteiger partial charge in [-0.05, 0) is 13.8 Å². The van der Waals surface area contributed by atoms with Crippen molar-refractivity contribution in [1.29, 1.82) is 0 Å². The van der Waals surface area contributed by atoms with Crippen molar-refractivity contribution >= 4 is 17.3 Å². The highest BCUT2D eigenvalue weighted by Crippen LogP contribution is 2.25. The largest absolute Gasteiger partial charge is 0.481 e. The van der Waals surface area contributed by atoms with E-state index in [-0.39, 0.29) is 12.3 Å². The van der Waals surface area contributed by atoms with Gasteiger partial charge < -0.3 is 5.11 Å². The zero-order valence-electron chi connectivity index (χ0n) is 8.00. The van der Waals surface area contributed by atoms with Crippen LogP contribution in [0.5, 0.6) is 0 Å². The van der Waals surface area contributed by atoms with Crippen molar-refractivity contribution in [3.63, 3.8) is 0 Å². The number of carboxylic acids is 1. The minimum absolute atomic E-state index is 0.0231. The highest BCUT2D eigenvalue weighted by atomic mass is 32.1. The van der Waals surface area contributed by atoms with Gasteiger partial charge in [-0.15, -0.1) is 11.3 Å². The number of aromatic nitrogens is 1. The van der Waals surface area contributed by atoms with E-state index in [9.17, 15) is 4.79 Å². The maximum absolute atomic E-state index is 10.5. The molecule has 1 aromatic heterocycles. The number of rotatable bonds is 3. The average molecular weight is 199 g/mol. The SMILES string of the molecule is Cc1nc(C(C)CC(=O)O)sc1C. The number of aryl methyl sites for hydroxylation is 2. The molecule has 3 nitrogen and oxygen atoms in total. The van der Waals surface area contributed by atoms with E-state index in [0.717, 1.165) is 10.7 Å². The van der Waals surface area contributed by atoms with Crippen LogP contribution >= 0.6 is 11.3 Å². The summed E-state index contributed by atoms with van der Waals surface area (Å²) in [4.78, 5) is 15.9. The van der Waals surface area contributed by atoms with Crippen molar-refractivity contribution in [3.05, 3.63) is 15.6 Å². The van der Waals surface area contributed by atoms with E-state index < -0.39 is 5.97 Å². The molecule has 0 amide bonds. The zero-order chi connectivity index (χ0) is 10.0. The van der Waals surface area contributed by atoms with Crippen LogP contribution in [0.15, 0.2) is 0 Å². The Morgan fingerprint density at radius 2 is 2.23 bits per heavy atom. The summed E-state index contributed by atoms with van der Waals surface area (Å²) < 4.78 is 0. The Balaban J connectivity index is 2.77. The summed E-state index contributed by atoms with van der Waals surface area (Å²) in [6.45, 7) is 5.85. The first-order valence-electron chi connectivity index (χ1n) is 4.16. The molecule has 0 bridgehead atoms. The molecule has 0 spiro atoms. The van der Waals surface area contributed by atoms with Gasteiger partial charge >= 0.3 is 5.97 Å². The third-order valence-corrected chi connectivity index (χ3v) is 3.25. The first kappa shape index (κ1) is 10.2. The van der Waals surface area contributed by atoms with Gasteiger partial charge in [-0.2, -0.15) is 0 Å². The van der Waals surface area contributed by atoms with Crippen molar-refractivity contribution in [2.75, 3.05) is 0 Å². The van der Waals surface area contributed by atoms with Crippen LogP contribution in [0.3, 0.4) is 0 Å². The molecule has 1 atom stereocenters. The van der Waals surface area contributed by atoms with Gasteiger partial charge in [-0.3, -0.25) is 4.79 Å². The highest BCUT2D eigenvalue weighted by molar-refractivity contribution is 7.11. The molecule has 0 aliphatic carbocycles. The van der Waals surface area contributed by atoms with Crippen LogP contribution < -0.4 is 0 Å². The van der Waals surface area contributed by atoms with E-state index in [2.05, 4.69) is 4.98 Å². The van der Waals surface area contributed by atoms with Crippen LogP contribution in [0.1, 0.15) is 34.8 Å². The normalized spacial score (nSPS) is 12.8. The first-order valence-corrected chi connectivity index (χ1v) is 4.98. The molecule has 0 aliphatic heterocycles. The smallest absolute Gasteiger partial charge is 0.304 e. The summed E-state index contributed by atoms with van der Waals surface area (Å²) in [5.74, 6) is -0.743. The predicted octanol–water partition coefficient (Wildman–Crippen LogP) is 2.34. The topological polar surface area (TPSA) is 50.2 Å². The fourth-order valence-corrected chi connectivity index (χ4v) is 2.03. The van der Waals surface area contributed by atoms with Gasteiger partial charge in [0.15, 0.2) is 0 Å². The van der Waals surface area contributed by atoms with Crippen molar-refractivity contribution in [1.82, 2.24) is 4.98 Å². The lowest BCUT2D eigenvalue weighted by Gasteiger charge is -2.02. The van der Waals surface area contributed by atoms with Crippen molar-refractivity contribution in [2.45, 2.75) is 33.1 Å². The van der Waals surface area contributed by atoms with Crippen molar-refractivity contribution < 1.29 is 9.90 Å². The number of carbonyl (C=O) groups is 1. The van der Waals surface area contributed by atoms with E-state index in [0.29, 0.717) is 0 Å². The van der Waals surface area contributed by atoms with Crippen LogP contribution in [0.2, 0.25) is 0 Å². The molecule has 13 heavy (non-hydrogen) atoms. The average Bonchev–Trinajstić information content (AvgIpc) is 2.31. The zero-order valence-corrected chi connectivity index (χ0v) is 8.81. The molecular weight excluding hydrogens is 186 g/mol. The van der Waals surface area contributed by atoms with Crippen LogP contribution in [0.4, 0.5) is 0 Å². The molecule has 0 saturated heterocycles. The van der Waals surface area contributed by atoms with E-state index in [1.165, 1.54) is 4.88 Å². The Morgan fingerprint density at radius 1 is 1.62 bits per heavy atom. The molecule has 0 fully saturated rings. The first-order chi connectivity index (χ1) is 6.00. The predicted molar refractivity (Wildman–Crippen MR) is 52.3 cm³/mol. The lowest BCUT2D eigenvalue weighted by molar-refractivity contribution is -0.137. The number of thiazole rings is 1. The Labute approximate surface area is 81.4 Å². The summed E-state index contributed by atoms with van der Waals surface area (Å²) in [7, 11) is 0. The van der Waals surface area contributed by atoms with Crippen LogP contribution in [0.25, 0.3) is 0 Å². The van der Waals surface area contributed by atoms with E-state index in [4.69, 9.17) is 5.11 Å². The quantitative estimate of drug-likeness (QED) is 0.812. The molecule has 0 saturated carbocycles. The molecule has 0 aliphatic rings. The third-order valence-electron chi connectivity index (χ3n) is 1.95. The molecule has 1 heterocycles. The van der Waals surface area contributed by atoms with Gasteiger partial charge in [0, 0.05) is 10.8 Å². The highest BCUT2D eigenvalue weighted by Gasteiger charge is 2.14. The Kier molecular flexibility index (Phi) is 3.03. The number of carboxylic acid groups (broad SMARTS) is 1. The summed E-state index contributed by atoms with van der Waals surface area (Å²) in [5.41, 5.74) is 1.01. The van der Waals surface area contributed by atoms with Gasteiger partial charge in [0.1, 0.15) is 0 Å². The monoisotopic (exact) mass is 199 g/mol. The van der Waals surface area contributed by atoms with Gasteiger partial charge in [0.05, 0.1) is 17.1 Å². The van der Waals surface area contributed by atoms with Crippen molar-refractivity contribution in [3.8, 4) is 0 Å². The summed E-state index contributed by atoms with van der Waals surface area (Å²) >= 11 is 1.59. The maximum atomic E-state index is 10.5. The second-order valence-corrected chi connectivity index (χ2v) is 4.43. The number of nitrogens with zero attached hydrogens (tertiary/aromatic N) is 1. The lowest BCUT2D eigenvalue weighted by Crippen LogP contribution is -2.02. The van der Waals surface area contributed by atoms with E-state index in [1.54, 1.807) is 11.3 Å². The van der Waals surface area contributed by atoms with Crippen molar-refractivity contribution in [2.24, 2.45) is 0 Å². The minimum atomic E-state index is -0.766. The van der Waals surface area contributed by atoms with Crippen LogP contribution in [-0.4, -0.2) is 16.1 Å². The van der Waals surface area contributed by atoms with Crippen LogP contribution in [-0.2, 0) is 4.79 Å². The molecule has 4 heteroatoms. The minimum Gasteiger partial charge on any atom is -0.481 e. The molecule has 1 aromatic rings. The maximum Gasteiger partial charge on any atom is 0.304 e. The summed E-state index contributed by atoms with van der Waals surface area (Å²) in [6.07, 6.45) is 0.159. The second kappa shape index (κ2) is 3.87. The summed E-state index contributed by atoms with van der Waals surface area (Å²) in [5, 5.41) is 9.53. The standard InChI is InChI=1S/C9H13NO2S/c1-5(4-8(11)12)9-10-6(2)7(3)13-9/h5H,4H2,1-3H3,(H,11,12). The fourth-order valence-electron chi connectivity index (χ4n) is 1.06. The number of hydrogen-bond donors (Lipinski definition) is 1. The summed E-state index contributed by atoms with van der Waals surface area (Å²) in [6, 6.07) is 0. The third kappa shape index (κ3) is 2.52. The number of aliphatic carboxylic acids is 1. The van der Waals surface area contributed by atoms with Gasteiger partial charge in [-0.25, -0.2) is 4.98 Å². The fraction of sp³-hybridized carbons (Fsp3) is 0.556. The molecule has 1 unspecified atom stereocenters. The Morgan fingerprint density at radius 3 is 2.62 bits per heavy atom. The van der Waals surface area contributed by atoms with E-state index in [1.807, 2.05) is 20.8 Å². The molecule has 0 aromatic carbocycles.